The van der Waals surface area contributed by atoms with E-state index in [9.17, 15) is 9.18 Å². The second-order valence-electron chi connectivity index (χ2n) is 9.71. The summed E-state index contributed by atoms with van der Waals surface area (Å²) < 4.78 is 20.2. The largest absolute Gasteiger partial charge is 0.494 e. The van der Waals surface area contributed by atoms with Crippen molar-refractivity contribution in [2.24, 2.45) is 0 Å². The predicted octanol–water partition coefficient (Wildman–Crippen LogP) is 5.84. The van der Waals surface area contributed by atoms with Gasteiger partial charge in [-0.2, -0.15) is 4.98 Å². The molecule has 8 nitrogen and oxygen atoms in total. The summed E-state index contributed by atoms with van der Waals surface area (Å²) in [6.45, 7) is 7.71. The van der Waals surface area contributed by atoms with E-state index in [1.54, 1.807) is 18.2 Å². The second kappa shape index (κ2) is 11.4. The number of halogens is 1. The lowest BCUT2D eigenvalue weighted by molar-refractivity contribution is 0.103. The van der Waals surface area contributed by atoms with Gasteiger partial charge in [0, 0.05) is 41.8 Å². The van der Waals surface area contributed by atoms with Crippen molar-refractivity contribution in [2.45, 2.75) is 32.9 Å². The Balaban J connectivity index is 1.31. The smallest absolute Gasteiger partial charge is 0.265 e. The van der Waals surface area contributed by atoms with Gasteiger partial charge in [-0.25, -0.2) is 9.37 Å². The van der Waals surface area contributed by atoms with Gasteiger partial charge in [0.25, 0.3) is 5.91 Å². The molecule has 202 valence electrons. The van der Waals surface area contributed by atoms with E-state index in [0.717, 1.165) is 29.1 Å². The highest BCUT2D eigenvalue weighted by Crippen LogP contribution is 2.33. The molecule has 1 aliphatic rings. The first-order valence-electron chi connectivity index (χ1n) is 12.8. The number of piperazine rings is 1. The van der Waals surface area contributed by atoms with Crippen LogP contribution in [0.3, 0.4) is 0 Å². The quantitative estimate of drug-likeness (QED) is 0.268. The normalized spacial score (nSPS) is 17.1. The number of hydrogen-bond acceptors (Lipinski definition) is 8. The number of carbonyl (C=O) groups is 1. The molecule has 2 atom stereocenters. The monoisotopic (exact) mass is 546 g/mol. The van der Waals surface area contributed by atoms with Crippen molar-refractivity contribution in [3.8, 4) is 16.2 Å². The summed E-state index contributed by atoms with van der Waals surface area (Å²) in [5.41, 5.74) is 3.33. The third kappa shape index (κ3) is 6.02. The highest BCUT2D eigenvalue weighted by Gasteiger charge is 2.24. The van der Waals surface area contributed by atoms with Crippen molar-refractivity contribution in [3.63, 3.8) is 0 Å². The van der Waals surface area contributed by atoms with Crippen molar-refractivity contribution in [2.75, 3.05) is 35.7 Å². The van der Waals surface area contributed by atoms with E-state index in [-0.39, 0.29) is 23.8 Å². The maximum atomic E-state index is 14.6. The Hall–Kier alpha value is -4.02. The fourth-order valence-corrected chi connectivity index (χ4v) is 5.73. The van der Waals surface area contributed by atoms with Gasteiger partial charge >= 0.3 is 0 Å². The fourth-order valence-electron chi connectivity index (χ4n) is 4.73. The van der Waals surface area contributed by atoms with E-state index in [1.807, 2.05) is 35.2 Å². The Morgan fingerprint density at radius 1 is 1.13 bits per heavy atom. The molecule has 39 heavy (non-hydrogen) atoms. The molecule has 1 amide bonds. The van der Waals surface area contributed by atoms with Gasteiger partial charge in [0.2, 0.25) is 5.95 Å². The number of nitrogens with one attached hydrogen (secondary N) is 3. The lowest BCUT2D eigenvalue weighted by Gasteiger charge is -2.36. The highest BCUT2D eigenvalue weighted by molar-refractivity contribution is 7.17. The van der Waals surface area contributed by atoms with E-state index < -0.39 is 5.82 Å². The Morgan fingerprint density at radius 2 is 1.90 bits per heavy atom. The van der Waals surface area contributed by atoms with Gasteiger partial charge in [0.05, 0.1) is 23.9 Å². The molecular formula is C29H31FN6O2S. The van der Waals surface area contributed by atoms with Crippen LogP contribution in [0.1, 0.15) is 29.1 Å². The molecule has 0 bridgehead atoms. The van der Waals surface area contributed by atoms with E-state index in [0.29, 0.717) is 27.9 Å². The van der Waals surface area contributed by atoms with Crippen molar-refractivity contribution in [3.05, 3.63) is 77.1 Å². The average molecular weight is 547 g/mol. The number of rotatable bonds is 7. The zero-order chi connectivity index (χ0) is 27.5. The number of anilines is 4. The first-order valence-corrected chi connectivity index (χ1v) is 13.6. The van der Waals surface area contributed by atoms with E-state index in [1.165, 1.54) is 24.6 Å². The standard InChI is InChI=1S/C29H31FN6O2S/c1-17-7-5-6-8-21(17)25-11-12-26(39-25)28(37)34-23-10-9-20(13-24(23)38-4)33-27-22(30)14-31-29(35-27)36-15-18(2)32-19(3)16-36/h5-14,18-19,32H,15-16H2,1-4H3,(H,34,37)(H,31,33,35)/t18-,19+. The van der Waals surface area contributed by atoms with Crippen molar-refractivity contribution < 1.29 is 13.9 Å². The van der Waals surface area contributed by atoms with Crippen LogP contribution in [0.5, 0.6) is 5.75 Å². The summed E-state index contributed by atoms with van der Waals surface area (Å²) in [7, 11) is 1.52. The van der Waals surface area contributed by atoms with Crippen LogP contribution in [0.25, 0.3) is 10.4 Å². The number of ether oxygens (including phenoxy) is 1. The molecule has 0 aliphatic carbocycles. The fraction of sp³-hybridized carbons (Fsp3) is 0.276. The van der Waals surface area contributed by atoms with Crippen LogP contribution in [-0.2, 0) is 0 Å². The topological polar surface area (TPSA) is 91.4 Å². The van der Waals surface area contributed by atoms with Crippen LogP contribution in [0, 0.1) is 12.7 Å². The van der Waals surface area contributed by atoms with E-state index >= 15 is 0 Å². The summed E-state index contributed by atoms with van der Waals surface area (Å²) in [6, 6.07) is 17.6. The number of carbonyl (C=O) groups excluding carboxylic acids is 1. The lowest BCUT2D eigenvalue weighted by Crippen LogP contribution is -2.54. The molecule has 2 aromatic carbocycles. The molecule has 10 heteroatoms. The zero-order valence-electron chi connectivity index (χ0n) is 22.3. The van der Waals surface area contributed by atoms with E-state index in [2.05, 4.69) is 52.8 Å². The lowest BCUT2D eigenvalue weighted by atomic mass is 10.1. The van der Waals surface area contributed by atoms with Gasteiger partial charge in [-0.3, -0.25) is 4.79 Å². The predicted molar refractivity (Wildman–Crippen MR) is 155 cm³/mol. The van der Waals surface area contributed by atoms with Crippen LogP contribution in [0.4, 0.5) is 27.5 Å². The molecule has 0 unspecified atom stereocenters. The first kappa shape index (κ1) is 26.6. The van der Waals surface area contributed by atoms with Gasteiger partial charge < -0.3 is 25.6 Å². The second-order valence-corrected chi connectivity index (χ2v) is 10.8. The molecule has 2 aromatic heterocycles. The molecule has 0 radical (unpaired) electrons. The van der Waals surface area contributed by atoms with Gasteiger partial charge in [-0.05, 0) is 56.2 Å². The number of aromatic nitrogens is 2. The molecule has 1 aliphatic heterocycles. The SMILES string of the molecule is COc1cc(Nc2nc(N3C[C@@H](C)N[C@@H](C)C3)ncc2F)ccc1NC(=O)c1ccc(-c2ccccc2C)s1. The van der Waals surface area contributed by atoms with Gasteiger partial charge in [0.15, 0.2) is 11.6 Å². The number of thiophene rings is 1. The summed E-state index contributed by atoms with van der Waals surface area (Å²) >= 11 is 1.43. The molecule has 1 saturated heterocycles. The van der Waals surface area contributed by atoms with Crippen LogP contribution < -0.4 is 25.6 Å². The minimum atomic E-state index is -0.562. The number of aryl methyl sites for hydroxylation is 1. The molecular weight excluding hydrogens is 515 g/mol. The third-order valence-corrected chi connectivity index (χ3v) is 7.64. The molecule has 1 fully saturated rings. The van der Waals surface area contributed by atoms with Crippen LogP contribution in [0.15, 0.2) is 60.8 Å². The van der Waals surface area contributed by atoms with E-state index in [4.69, 9.17) is 4.74 Å². The molecule has 5 rings (SSSR count). The number of amides is 1. The van der Waals surface area contributed by atoms with Gasteiger partial charge in [-0.15, -0.1) is 11.3 Å². The van der Waals surface area contributed by atoms with Crippen LogP contribution >= 0.6 is 11.3 Å². The van der Waals surface area contributed by atoms with Crippen molar-refractivity contribution >= 4 is 40.4 Å². The number of hydrogen-bond donors (Lipinski definition) is 3. The Labute approximate surface area is 231 Å². The Bertz CT molecular complexity index is 1480. The first-order chi connectivity index (χ1) is 18.8. The molecule has 0 saturated carbocycles. The van der Waals surface area contributed by atoms with Crippen molar-refractivity contribution in [1.82, 2.24) is 15.3 Å². The van der Waals surface area contributed by atoms with Crippen LogP contribution in [0.2, 0.25) is 0 Å². The maximum Gasteiger partial charge on any atom is 0.265 e. The molecule has 0 spiro atoms. The number of nitrogens with zero attached hydrogens (tertiary/aromatic N) is 3. The summed E-state index contributed by atoms with van der Waals surface area (Å²) in [4.78, 5) is 25.3. The van der Waals surface area contributed by atoms with Gasteiger partial charge in [0.1, 0.15) is 5.75 Å². The Kier molecular flexibility index (Phi) is 7.76. The number of methoxy groups -OCH3 is 1. The average Bonchev–Trinajstić information content (AvgIpc) is 3.41. The van der Waals surface area contributed by atoms with Crippen molar-refractivity contribution in [1.29, 1.82) is 0 Å². The molecule has 4 aromatic rings. The minimum Gasteiger partial charge on any atom is -0.494 e. The maximum absolute atomic E-state index is 14.6. The van der Waals surface area contributed by atoms with Gasteiger partial charge in [-0.1, -0.05) is 24.3 Å². The minimum absolute atomic E-state index is 0.0694. The molecule has 3 heterocycles. The summed E-state index contributed by atoms with van der Waals surface area (Å²) in [5, 5.41) is 9.42. The van der Waals surface area contributed by atoms with Crippen LogP contribution in [-0.4, -0.2) is 48.2 Å². The zero-order valence-corrected chi connectivity index (χ0v) is 23.1. The molecule has 3 N–H and O–H groups in total. The highest BCUT2D eigenvalue weighted by atomic mass is 32.1. The summed E-state index contributed by atoms with van der Waals surface area (Å²) in [6.07, 6.45) is 1.18. The number of benzene rings is 2. The Morgan fingerprint density at radius 3 is 2.64 bits per heavy atom. The summed E-state index contributed by atoms with van der Waals surface area (Å²) in [5.74, 6) is 0.178. The third-order valence-electron chi connectivity index (χ3n) is 6.52.